The predicted molar refractivity (Wildman–Crippen MR) is 93.7 cm³/mol. The van der Waals surface area contributed by atoms with Crippen LogP contribution in [0, 0.1) is 18.8 Å². The van der Waals surface area contributed by atoms with Gasteiger partial charge in [-0.1, -0.05) is 43.6 Å². The summed E-state index contributed by atoms with van der Waals surface area (Å²) in [4.78, 5) is 14.8. The topological polar surface area (TPSA) is 20.3 Å². The van der Waals surface area contributed by atoms with Crippen molar-refractivity contribution >= 4 is 21.8 Å². The Kier molecular flexibility index (Phi) is 7.44. The number of hydrogen-bond acceptors (Lipinski definition) is 1. The van der Waals surface area contributed by atoms with Gasteiger partial charge in [0.2, 0.25) is 0 Å². The molecule has 2 nitrogen and oxygen atoms in total. The summed E-state index contributed by atoms with van der Waals surface area (Å²) in [5.41, 5.74) is 1.90. The second-order valence-electron chi connectivity index (χ2n) is 6.62. The zero-order chi connectivity index (χ0) is 16.0. The fourth-order valence-corrected chi connectivity index (χ4v) is 2.35. The van der Waals surface area contributed by atoms with E-state index >= 15 is 0 Å². The molecule has 0 aliphatic heterocycles. The van der Waals surface area contributed by atoms with E-state index in [1.54, 1.807) is 0 Å². The summed E-state index contributed by atoms with van der Waals surface area (Å²) in [5, 5.41) is 0. The SMILES string of the molecule is Cc1cc(C(=O)N(CCC(C)C)CCC(C)C)ccc1Br. The molecule has 0 unspecified atom stereocenters. The molecule has 1 rings (SSSR count). The van der Waals surface area contributed by atoms with Crippen LogP contribution >= 0.6 is 15.9 Å². The monoisotopic (exact) mass is 353 g/mol. The van der Waals surface area contributed by atoms with E-state index in [1.807, 2.05) is 30.0 Å². The van der Waals surface area contributed by atoms with Crippen LogP contribution in [0.3, 0.4) is 0 Å². The van der Waals surface area contributed by atoms with Crippen LogP contribution in [-0.2, 0) is 0 Å². The summed E-state index contributed by atoms with van der Waals surface area (Å²) >= 11 is 3.49. The summed E-state index contributed by atoms with van der Waals surface area (Å²) in [6, 6.07) is 5.85. The third-order valence-corrected chi connectivity index (χ3v) is 4.53. The van der Waals surface area contributed by atoms with E-state index in [1.165, 1.54) is 0 Å². The second-order valence-corrected chi connectivity index (χ2v) is 7.48. The molecule has 0 N–H and O–H groups in total. The molecular formula is C18H28BrNO. The van der Waals surface area contributed by atoms with Crippen LogP contribution in [0.4, 0.5) is 0 Å². The van der Waals surface area contributed by atoms with E-state index in [9.17, 15) is 4.79 Å². The number of rotatable bonds is 7. The van der Waals surface area contributed by atoms with Crippen LogP contribution in [0.5, 0.6) is 0 Å². The fourth-order valence-electron chi connectivity index (χ4n) is 2.10. The van der Waals surface area contributed by atoms with Crippen molar-refractivity contribution in [1.82, 2.24) is 4.90 Å². The van der Waals surface area contributed by atoms with E-state index in [0.717, 1.165) is 41.5 Å². The number of nitrogens with zero attached hydrogens (tertiary/aromatic N) is 1. The molecule has 1 aromatic carbocycles. The van der Waals surface area contributed by atoms with Crippen LogP contribution in [0.15, 0.2) is 22.7 Å². The van der Waals surface area contributed by atoms with E-state index in [2.05, 4.69) is 43.6 Å². The van der Waals surface area contributed by atoms with E-state index in [-0.39, 0.29) is 5.91 Å². The Morgan fingerprint density at radius 1 is 1.10 bits per heavy atom. The maximum atomic E-state index is 12.7. The van der Waals surface area contributed by atoms with Gasteiger partial charge in [-0.05, 0) is 55.4 Å². The molecule has 0 heterocycles. The number of carbonyl (C=O) groups is 1. The lowest BCUT2D eigenvalue weighted by atomic mass is 10.1. The molecule has 0 aliphatic carbocycles. The molecule has 0 radical (unpaired) electrons. The van der Waals surface area contributed by atoms with Gasteiger partial charge in [0.05, 0.1) is 0 Å². The van der Waals surface area contributed by atoms with Crippen LogP contribution in [0.2, 0.25) is 0 Å². The van der Waals surface area contributed by atoms with Crippen molar-refractivity contribution in [2.75, 3.05) is 13.1 Å². The molecule has 0 fully saturated rings. The Morgan fingerprint density at radius 2 is 1.62 bits per heavy atom. The minimum atomic E-state index is 0.159. The van der Waals surface area contributed by atoms with Crippen molar-refractivity contribution in [3.63, 3.8) is 0 Å². The maximum Gasteiger partial charge on any atom is 0.253 e. The predicted octanol–water partition coefficient (Wildman–Crippen LogP) is 5.29. The molecule has 0 saturated carbocycles. The summed E-state index contributed by atoms with van der Waals surface area (Å²) in [6.07, 6.45) is 2.11. The first-order chi connectivity index (χ1) is 9.81. The lowest BCUT2D eigenvalue weighted by molar-refractivity contribution is 0.0740. The van der Waals surface area contributed by atoms with Gasteiger partial charge in [0, 0.05) is 23.1 Å². The lowest BCUT2D eigenvalue weighted by Crippen LogP contribution is -2.34. The number of halogens is 1. The van der Waals surface area contributed by atoms with E-state index in [4.69, 9.17) is 0 Å². The van der Waals surface area contributed by atoms with E-state index < -0.39 is 0 Å². The van der Waals surface area contributed by atoms with Gasteiger partial charge in [0.15, 0.2) is 0 Å². The molecule has 0 atom stereocenters. The summed E-state index contributed by atoms with van der Waals surface area (Å²) in [7, 11) is 0. The van der Waals surface area contributed by atoms with Crippen LogP contribution in [-0.4, -0.2) is 23.9 Å². The van der Waals surface area contributed by atoms with Gasteiger partial charge in [-0.2, -0.15) is 0 Å². The highest BCUT2D eigenvalue weighted by Gasteiger charge is 2.17. The summed E-state index contributed by atoms with van der Waals surface area (Å²) < 4.78 is 1.05. The number of benzene rings is 1. The van der Waals surface area contributed by atoms with Crippen molar-refractivity contribution in [1.29, 1.82) is 0 Å². The highest BCUT2D eigenvalue weighted by Crippen LogP contribution is 2.19. The van der Waals surface area contributed by atoms with Crippen LogP contribution in [0.25, 0.3) is 0 Å². The molecule has 1 amide bonds. The first kappa shape index (κ1) is 18.2. The minimum absolute atomic E-state index is 0.159. The number of hydrogen-bond donors (Lipinski definition) is 0. The molecule has 0 spiro atoms. The van der Waals surface area contributed by atoms with Gasteiger partial charge in [-0.15, -0.1) is 0 Å². The van der Waals surface area contributed by atoms with Gasteiger partial charge >= 0.3 is 0 Å². The Hall–Kier alpha value is -0.830. The Labute approximate surface area is 138 Å². The van der Waals surface area contributed by atoms with Gasteiger partial charge in [-0.25, -0.2) is 0 Å². The molecule has 3 heteroatoms. The highest BCUT2D eigenvalue weighted by atomic mass is 79.9. The van der Waals surface area contributed by atoms with Crippen molar-refractivity contribution in [3.8, 4) is 0 Å². The van der Waals surface area contributed by atoms with Gasteiger partial charge < -0.3 is 4.90 Å². The Balaban J connectivity index is 2.83. The van der Waals surface area contributed by atoms with Gasteiger partial charge in [0.25, 0.3) is 5.91 Å². The normalized spacial score (nSPS) is 11.2. The van der Waals surface area contributed by atoms with Gasteiger partial charge in [-0.3, -0.25) is 4.79 Å². The van der Waals surface area contributed by atoms with Crippen molar-refractivity contribution in [2.45, 2.75) is 47.5 Å². The highest BCUT2D eigenvalue weighted by molar-refractivity contribution is 9.10. The minimum Gasteiger partial charge on any atom is -0.339 e. The third-order valence-electron chi connectivity index (χ3n) is 3.64. The molecule has 1 aromatic rings. The Morgan fingerprint density at radius 3 is 2.05 bits per heavy atom. The largest absolute Gasteiger partial charge is 0.339 e. The number of aryl methyl sites for hydroxylation is 1. The summed E-state index contributed by atoms with van der Waals surface area (Å²) in [5.74, 6) is 1.39. The second kappa shape index (κ2) is 8.57. The van der Waals surface area contributed by atoms with Crippen molar-refractivity contribution < 1.29 is 4.79 Å². The first-order valence-electron chi connectivity index (χ1n) is 7.86. The molecule has 0 aliphatic rings. The third kappa shape index (κ3) is 6.21. The summed E-state index contributed by atoms with van der Waals surface area (Å²) in [6.45, 7) is 12.5. The molecule has 0 aromatic heterocycles. The lowest BCUT2D eigenvalue weighted by Gasteiger charge is -2.25. The molecule has 118 valence electrons. The number of carbonyl (C=O) groups excluding carboxylic acids is 1. The average molecular weight is 354 g/mol. The zero-order valence-electron chi connectivity index (χ0n) is 13.9. The smallest absolute Gasteiger partial charge is 0.253 e. The standard InChI is InChI=1S/C18H28BrNO/c1-13(2)8-10-20(11-9-14(3)4)18(21)16-6-7-17(19)15(5)12-16/h6-7,12-14H,8-11H2,1-5H3. The quantitative estimate of drug-likeness (QED) is 0.651. The van der Waals surface area contributed by atoms with Crippen LogP contribution in [0.1, 0.15) is 56.5 Å². The fraction of sp³-hybridized carbons (Fsp3) is 0.611. The van der Waals surface area contributed by atoms with Crippen molar-refractivity contribution in [3.05, 3.63) is 33.8 Å². The average Bonchev–Trinajstić information content (AvgIpc) is 2.40. The molecule has 0 bridgehead atoms. The maximum absolute atomic E-state index is 12.7. The first-order valence-corrected chi connectivity index (χ1v) is 8.66. The van der Waals surface area contributed by atoms with Gasteiger partial charge in [0.1, 0.15) is 0 Å². The molecule has 0 saturated heterocycles. The molecule has 21 heavy (non-hydrogen) atoms. The van der Waals surface area contributed by atoms with Crippen LogP contribution < -0.4 is 0 Å². The van der Waals surface area contributed by atoms with E-state index in [0.29, 0.717) is 11.8 Å². The molecular weight excluding hydrogens is 326 g/mol. The Bertz CT molecular complexity index is 456. The zero-order valence-corrected chi connectivity index (χ0v) is 15.5. The number of amides is 1. The van der Waals surface area contributed by atoms with Crippen molar-refractivity contribution in [2.24, 2.45) is 11.8 Å².